The molecule has 0 bridgehead atoms. The number of thiol groups is 1. The number of halogens is 1. The van der Waals surface area contributed by atoms with Crippen molar-refractivity contribution in [1.29, 1.82) is 0 Å². The van der Waals surface area contributed by atoms with Gasteiger partial charge in [0.05, 0.1) is 0 Å². The first-order chi connectivity index (χ1) is 3.15. The second kappa shape index (κ2) is 9.64. The minimum absolute atomic E-state index is 0.361. The lowest BCUT2D eigenvalue weighted by Crippen LogP contribution is -1.99. The Morgan fingerprint density at radius 1 is 1.43 bits per heavy atom. The summed E-state index contributed by atoms with van der Waals surface area (Å²) in [7, 11) is 10.1. The van der Waals surface area contributed by atoms with Crippen molar-refractivity contribution < 1.29 is 4.21 Å². The molecule has 0 saturated carbocycles. The van der Waals surface area contributed by atoms with E-state index in [1.807, 2.05) is 26.0 Å². The molecule has 0 amide bonds. The fraction of sp³-hybridized carbons (Fsp3) is 1.00. The van der Waals surface area contributed by atoms with E-state index in [-0.39, 0.29) is 10.9 Å². The lowest BCUT2D eigenvalue weighted by molar-refractivity contribution is 0.505. The second-order valence-electron chi connectivity index (χ2n) is 1.41. The lowest BCUT2D eigenvalue weighted by atomic mass is 11.0. The highest BCUT2D eigenvalue weighted by molar-refractivity contribution is 7.92. The monoisotopic (exact) mass is 143 g/mol. The maximum Gasteiger partial charge on any atom is 0.101 e. The molecule has 0 N–H and O–H groups in total. The molecule has 0 aliphatic carbocycles. The smallest absolute Gasteiger partial charge is 0.101 e. The molecule has 0 aliphatic heterocycles. The molecule has 0 unspecified atom stereocenters. The van der Waals surface area contributed by atoms with Crippen LogP contribution >= 0.6 is 10.7 Å². The van der Waals surface area contributed by atoms with Crippen molar-refractivity contribution in [2.45, 2.75) is 0 Å². The maximum atomic E-state index is 8.67. The Morgan fingerprint density at radius 2 is 1.43 bits per heavy atom. The molecule has 0 atom stereocenters. The van der Waals surface area contributed by atoms with Crippen LogP contribution in [0.1, 0.15) is 0 Å². The minimum Gasteiger partial charge on any atom is -0.312 e. The summed E-state index contributed by atoms with van der Waals surface area (Å²) in [6, 6.07) is 0. The van der Waals surface area contributed by atoms with Crippen molar-refractivity contribution in [2.24, 2.45) is 0 Å². The molecule has 0 fully saturated rings. The molecule has 0 aliphatic rings. The van der Waals surface area contributed by atoms with Gasteiger partial charge >= 0.3 is 0 Å². The van der Waals surface area contributed by atoms with Crippen LogP contribution in [0.5, 0.6) is 0 Å². The predicted molar refractivity (Wildman–Crippen MR) is 35.0 cm³/mol. The second-order valence-corrected chi connectivity index (χ2v) is 1.96. The summed E-state index contributed by atoms with van der Waals surface area (Å²) in [5.74, 6) is 0. The minimum atomic E-state index is -0.361. The highest BCUT2D eigenvalue weighted by atomic mass is 35.7. The summed E-state index contributed by atoms with van der Waals surface area (Å²) in [5.41, 5.74) is 0. The molecule has 0 radical (unpaired) electrons. The van der Waals surface area contributed by atoms with E-state index in [2.05, 4.69) is 10.7 Å². The molecule has 0 rings (SSSR count). The third kappa shape index (κ3) is 774. The van der Waals surface area contributed by atoms with Crippen molar-refractivity contribution in [3.63, 3.8) is 0 Å². The van der Waals surface area contributed by atoms with Gasteiger partial charge < -0.3 is 4.90 Å². The molecule has 0 aromatic heterocycles. The summed E-state index contributed by atoms with van der Waals surface area (Å²) in [5, 5.41) is 0. The molecule has 0 aromatic carbocycles. The predicted octanol–water partition coefficient (Wildman–Crippen LogP) is 0.263. The molecule has 0 heterocycles. The van der Waals surface area contributed by atoms with Gasteiger partial charge in [-0.05, 0) is 31.8 Å². The van der Waals surface area contributed by atoms with Gasteiger partial charge in [-0.1, -0.05) is 0 Å². The van der Waals surface area contributed by atoms with Crippen molar-refractivity contribution in [3.8, 4) is 0 Å². The number of rotatable bonds is 0. The van der Waals surface area contributed by atoms with Crippen molar-refractivity contribution in [3.05, 3.63) is 0 Å². The Labute approximate surface area is 52.4 Å². The van der Waals surface area contributed by atoms with Crippen LogP contribution in [0.3, 0.4) is 0 Å². The third-order valence-electron chi connectivity index (χ3n) is 0. The topological polar surface area (TPSA) is 20.3 Å². The number of hydrogen-bond donors (Lipinski definition) is 1. The lowest BCUT2D eigenvalue weighted by Gasteiger charge is -1.90. The van der Waals surface area contributed by atoms with Gasteiger partial charge in [0.1, 0.15) is 10.9 Å². The summed E-state index contributed by atoms with van der Waals surface area (Å²) >= 11 is 0. The van der Waals surface area contributed by atoms with Crippen LogP contribution < -0.4 is 0 Å². The van der Waals surface area contributed by atoms with E-state index < -0.39 is 0 Å². The van der Waals surface area contributed by atoms with E-state index in [0.717, 1.165) is 0 Å². The molecular weight excluding hydrogens is 134 g/mol. The van der Waals surface area contributed by atoms with E-state index >= 15 is 0 Å². The Hall–Kier alpha value is 0.400. The van der Waals surface area contributed by atoms with E-state index in [9.17, 15) is 0 Å². The molecule has 0 aromatic rings. The van der Waals surface area contributed by atoms with Crippen LogP contribution in [0, 0.1) is 0 Å². The summed E-state index contributed by atoms with van der Waals surface area (Å²) in [6.45, 7) is 0. The van der Waals surface area contributed by atoms with Gasteiger partial charge in [-0.2, -0.15) is 0 Å². The first-order valence-corrected chi connectivity index (χ1v) is 3.41. The first kappa shape index (κ1) is 10.4. The van der Waals surface area contributed by atoms with Gasteiger partial charge in [-0.3, -0.25) is 0 Å². The zero-order chi connectivity index (χ0) is 6.28. The van der Waals surface area contributed by atoms with E-state index in [0.29, 0.717) is 0 Å². The van der Waals surface area contributed by atoms with E-state index in [4.69, 9.17) is 4.21 Å². The first-order valence-electron chi connectivity index (χ1n) is 1.69. The fourth-order valence-corrected chi connectivity index (χ4v) is 0. The number of hydrogen-bond acceptors (Lipinski definition) is 2. The SMILES string of the molecule is CN(C)C.O=[SH]Cl. The zero-order valence-corrected chi connectivity index (χ0v) is 6.33. The largest absolute Gasteiger partial charge is 0.312 e. The summed E-state index contributed by atoms with van der Waals surface area (Å²) < 4.78 is 8.67. The van der Waals surface area contributed by atoms with Gasteiger partial charge in [0.2, 0.25) is 0 Å². The molecule has 2 nitrogen and oxygen atoms in total. The van der Waals surface area contributed by atoms with Gasteiger partial charge in [0.25, 0.3) is 0 Å². The van der Waals surface area contributed by atoms with E-state index in [1.54, 1.807) is 0 Å². The van der Waals surface area contributed by atoms with Gasteiger partial charge in [-0.15, -0.1) is 0 Å². The Kier molecular flexibility index (Phi) is 14.3. The molecule has 46 valence electrons. The normalized spacial score (nSPS) is 7.57. The van der Waals surface area contributed by atoms with Crippen LogP contribution in [-0.2, 0) is 10.9 Å². The Balaban J connectivity index is 0. The zero-order valence-electron chi connectivity index (χ0n) is 4.68. The molecule has 7 heavy (non-hydrogen) atoms. The van der Waals surface area contributed by atoms with Crippen molar-refractivity contribution >= 4 is 21.6 Å². The third-order valence-corrected chi connectivity index (χ3v) is 0. The van der Waals surface area contributed by atoms with Crippen LogP contribution in [0.25, 0.3) is 0 Å². The molecule has 0 saturated heterocycles. The average Bonchev–Trinajstić information content (AvgIpc) is 1.33. The molecular formula is C3H10ClNOS. The van der Waals surface area contributed by atoms with Gasteiger partial charge in [-0.25, -0.2) is 4.21 Å². The van der Waals surface area contributed by atoms with Crippen LogP contribution in [0.15, 0.2) is 0 Å². The maximum absolute atomic E-state index is 8.67. The highest BCUT2D eigenvalue weighted by Gasteiger charge is 1.58. The summed E-state index contributed by atoms with van der Waals surface area (Å²) in [6.07, 6.45) is 0. The van der Waals surface area contributed by atoms with Crippen molar-refractivity contribution in [2.75, 3.05) is 21.1 Å². The van der Waals surface area contributed by atoms with Crippen LogP contribution in [0.4, 0.5) is 0 Å². The molecule has 0 spiro atoms. The molecule has 4 heteroatoms. The summed E-state index contributed by atoms with van der Waals surface area (Å²) in [4.78, 5) is 2.00. The highest BCUT2D eigenvalue weighted by Crippen LogP contribution is 1.50. The van der Waals surface area contributed by atoms with Gasteiger partial charge in [0.15, 0.2) is 0 Å². The van der Waals surface area contributed by atoms with Crippen LogP contribution in [-0.4, -0.2) is 30.3 Å². The Bertz CT molecular complexity index is 39.2. The van der Waals surface area contributed by atoms with Crippen molar-refractivity contribution in [1.82, 2.24) is 4.90 Å². The fourth-order valence-electron chi connectivity index (χ4n) is 0. The number of nitrogens with zero attached hydrogens (tertiary/aromatic N) is 1. The van der Waals surface area contributed by atoms with Crippen LogP contribution in [0.2, 0.25) is 0 Å². The Morgan fingerprint density at radius 3 is 1.43 bits per heavy atom. The average molecular weight is 144 g/mol. The standard InChI is InChI=1S/C3H9N.ClHOS/c1-4(2)3;1-3-2/h1-3H3;3H. The van der Waals surface area contributed by atoms with Gasteiger partial charge in [0, 0.05) is 0 Å². The van der Waals surface area contributed by atoms with E-state index in [1.165, 1.54) is 0 Å². The quantitative estimate of drug-likeness (QED) is 0.388.